The number of aryl methyl sites for hydroxylation is 1. The molecule has 0 atom stereocenters. The van der Waals surface area contributed by atoms with E-state index in [0.717, 1.165) is 16.9 Å². The predicted molar refractivity (Wildman–Crippen MR) is 69.0 cm³/mol. The van der Waals surface area contributed by atoms with Crippen LogP contribution in [-0.2, 0) is 0 Å². The lowest BCUT2D eigenvalue weighted by atomic mass is 10.1. The van der Waals surface area contributed by atoms with Crippen LogP contribution in [0.15, 0.2) is 41.0 Å². The lowest BCUT2D eigenvalue weighted by molar-refractivity contribution is -0.782. The van der Waals surface area contributed by atoms with Crippen molar-refractivity contribution in [3.05, 3.63) is 52.7 Å². The molecule has 0 spiro atoms. The summed E-state index contributed by atoms with van der Waals surface area (Å²) >= 11 is 0. The van der Waals surface area contributed by atoms with Gasteiger partial charge in [-0.15, -0.1) is 0 Å². The molecule has 3 aromatic rings. The largest absolute Gasteiger partial charge is 0.452 e. The quantitative estimate of drug-likeness (QED) is 0.661. The van der Waals surface area contributed by atoms with E-state index in [1.165, 1.54) is 0 Å². The minimum Gasteiger partial charge on any atom is -0.452 e. The summed E-state index contributed by atoms with van der Waals surface area (Å²) in [4.78, 5) is 0.366. The molecule has 0 aliphatic heterocycles. The maximum absolute atomic E-state index is 11.3. The molecule has 3 rings (SSSR count). The van der Waals surface area contributed by atoms with Gasteiger partial charge in [-0.1, -0.05) is 18.2 Å². The Labute approximate surface area is 109 Å². The van der Waals surface area contributed by atoms with Gasteiger partial charge in [0.25, 0.3) is 5.52 Å². The third-order valence-electron chi connectivity index (χ3n) is 3.16. The molecule has 0 aliphatic carbocycles. The third-order valence-corrected chi connectivity index (χ3v) is 3.16. The Morgan fingerprint density at radius 1 is 1.11 bits per heavy atom. The highest BCUT2D eigenvalue weighted by atomic mass is 16.8. The minimum atomic E-state index is 0.350. The molecule has 0 fully saturated rings. The van der Waals surface area contributed by atoms with Gasteiger partial charge in [-0.3, -0.25) is 4.63 Å². The molecule has 0 radical (unpaired) electrons. The Kier molecular flexibility index (Phi) is 2.59. The Morgan fingerprint density at radius 2 is 1.84 bits per heavy atom. The number of hydrogen-bond acceptors (Lipinski definition) is 4. The van der Waals surface area contributed by atoms with E-state index < -0.39 is 0 Å². The maximum Gasteiger partial charge on any atom is 0.290 e. The first kappa shape index (κ1) is 11.5. The SMILES string of the molecule is Cc1cccc(Oc2cccc3c2no[n+]3[O-])c1C. The molecule has 0 amide bonds. The molecule has 1 aromatic heterocycles. The van der Waals surface area contributed by atoms with E-state index in [0.29, 0.717) is 21.7 Å². The summed E-state index contributed by atoms with van der Waals surface area (Å²) in [5.41, 5.74) is 2.96. The first-order chi connectivity index (χ1) is 9.16. The number of nitrogens with zero attached hydrogens (tertiary/aromatic N) is 2. The molecule has 0 N–H and O–H groups in total. The first-order valence-corrected chi connectivity index (χ1v) is 5.89. The van der Waals surface area contributed by atoms with E-state index in [1.54, 1.807) is 18.2 Å². The van der Waals surface area contributed by atoms with Crippen LogP contribution in [0.3, 0.4) is 0 Å². The van der Waals surface area contributed by atoms with E-state index in [2.05, 4.69) is 9.79 Å². The van der Waals surface area contributed by atoms with Gasteiger partial charge in [0.05, 0.1) is 5.16 Å². The van der Waals surface area contributed by atoms with Crippen LogP contribution in [0.2, 0.25) is 0 Å². The zero-order valence-corrected chi connectivity index (χ0v) is 10.6. The first-order valence-electron chi connectivity index (χ1n) is 5.89. The van der Waals surface area contributed by atoms with Crippen LogP contribution in [0.4, 0.5) is 0 Å². The second kappa shape index (κ2) is 4.28. The molecule has 2 aromatic carbocycles. The lowest BCUT2D eigenvalue weighted by Gasteiger charge is -2.09. The van der Waals surface area contributed by atoms with Crippen molar-refractivity contribution in [1.82, 2.24) is 5.16 Å². The Hall–Kier alpha value is -2.56. The Bertz CT molecular complexity index is 750. The minimum absolute atomic E-state index is 0.350. The average Bonchev–Trinajstić information content (AvgIpc) is 2.78. The third kappa shape index (κ3) is 1.89. The van der Waals surface area contributed by atoms with Gasteiger partial charge in [0.1, 0.15) is 5.75 Å². The van der Waals surface area contributed by atoms with Crippen LogP contribution in [0.25, 0.3) is 11.0 Å². The molecular weight excluding hydrogens is 244 g/mol. The van der Waals surface area contributed by atoms with E-state index in [1.807, 2.05) is 32.0 Å². The number of hydrogen-bond donors (Lipinski definition) is 0. The van der Waals surface area contributed by atoms with Crippen molar-refractivity contribution in [2.45, 2.75) is 13.8 Å². The van der Waals surface area contributed by atoms with Crippen LogP contribution >= 0.6 is 0 Å². The second-order valence-corrected chi connectivity index (χ2v) is 4.35. The van der Waals surface area contributed by atoms with Gasteiger partial charge in [0.2, 0.25) is 5.52 Å². The summed E-state index contributed by atoms with van der Waals surface area (Å²) in [5.74, 6) is 1.25. The summed E-state index contributed by atoms with van der Waals surface area (Å²) in [6.07, 6.45) is 0. The van der Waals surface area contributed by atoms with Gasteiger partial charge >= 0.3 is 0 Å². The van der Waals surface area contributed by atoms with E-state index in [-0.39, 0.29) is 0 Å². The fourth-order valence-electron chi connectivity index (χ4n) is 1.91. The van der Waals surface area contributed by atoms with Gasteiger partial charge in [0.15, 0.2) is 5.75 Å². The summed E-state index contributed by atoms with van der Waals surface area (Å²) in [5, 5.41) is 15.1. The monoisotopic (exact) mass is 256 g/mol. The lowest BCUT2D eigenvalue weighted by Crippen LogP contribution is -2.22. The summed E-state index contributed by atoms with van der Waals surface area (Å²) in [6, 6.07) is 10.9. The highest BCUT2D eigenvalue weighted by Crippen LogP contribution is 2.30. The summed E-state index contributed by atoms with van der Waals surface area (Å²) in [7, 11) is 0. The number of ether oxygens (including phenoxy) is 1. The number of rotatable bonds is 2. The molecule has 0 unspecified atom stereocenters. The topological polar surface area (TPSA) is 62.2 Å². The van der Waals surface area contributed by atoms with Crippen molar-refractivity contribution in [3.63, 3.8) is 0 Å². The van der Waals surface area contributed by atoms with Crippen molar-refractivity contribution in [2.24, 2.45) is 0 Å². The van der Waals surface area contributed by atoms with Gasteiger partial charge in [-0.2, -0.15) is 0 Å². The van der Waals surface area contributed by atoms with Crippen molar-refractivity contribution in [1.29, 1.82) is 0 Å². The molecular formula is C14H12N2O3. The van der Waals surface area contributed by atoms with Crippen LogP contribution in [0.1, 0.15) is 11.1 Å². The van der Waals surface area contributed by atoms with E-state index in [9.17, 15) is 5.21 Å². The molecule has 5 heteroatoms. The average molecular weight is 256 g/mol. The smallest absolute Gasteiger partial charge is 0.290 e. The fraction of sp³-hybridized carbons (Fsp3) is 0.143. The highest BCUT2D eigenvalue weighted by Gasteiger charge is 2.16. The molecule has 0 bridgehead atoms. The van der Waals surface area contributed by atoms with Crippen molar-refractivity contribution >= 4 is 11.0 Å². The Morgan fingerprint density at radius 3 is 2.68 bits per heavy atom. The maximum atomic E-state index is 11.3. The van der Waals surface area contributed by atoms with Crippen molar-refractivity contribution in [2.75, 3.05) is 0 Å². The fourth-order valence-corrected chi connectivity index (χ4v) is 1.91. The second-order valence-electron chi connectivity index (χ2n) is 4.35. The molecule has 0 aliphatic rings. The summed E-state index contributed by atoms with van der Waals surface area (Å²) < 4.78 is 10.4. The van der Waals surface area contributed by atoms with Crippen LogP contribution in [-0.4, -0.2) is 5.16 Å². The van der Waals surface area contributed by atoms with Gasteiger partial charge in [-0.05, 0) is 48.1 Å². The molecule has 96 valence electrons. The van der Waals surface area contributed by atoms with Gasteiger partial charge in [-0.25, -0.2) is 0 Å². The predicted octanol–water partition coefficient (Wildman–Crippen LogP) is 2.87. The van der Waals surface area contributed by atoms with Gasteiger partial charge in [0, 0.05) is 0 Å². The molecule has 19 heavy (non-hydrogen) atoms. The van der Waals surface area contributed by atoms with Crippen LogP contribution in [0.5, 0.6) is 11.5 Å². The number of fused-ring (bicyclic) bond motifs is 1. The van der Waals surface area contributed by atoms with E-state index in [4.69, 9.17) is 4.74 Å². The zero-order chi connectivity index (χ0) is 13.4. The van der Waals surface area contributed by atoms with Crippen molar-refractivity contribution < 1.29 is 14.3 Å². The normalized spacial score (nSPS) is 10.8. The van der Waals surface area contributed by atoms with Gasteiger partial charge < -0.3 is 9.94 Å². The highest BCUT2D eigenvalue weighted by molar-refractivity contribution is 5.78. The van der Waals surface area contributed by atoms with Crippen molar-refractivity contribution in [3.8, 4) is 11.5 Å². The molecule has 5 nitrogen and oxygen atoms in total. The molecule has 1 heterocycles. The Balaban J connectivity index is 2.08. The molecule has 0 saturated carbocycles. The van der Waals surface area contributed by atoms with E-state index >= 15 is 0 Å². The van der Waals surface area contributed by atoms with Crippen LogP contribution < -0.4 is 9.64 Å². The molecule has 0 saturated heterocycles. The number of aromatic nitrogens is 2. The number of benzene rings is 2. The summed E-state index contributed by atoms with van der Waals surface area (Å²) in [6.45, 7) is 4.01. The van der Waals surface area contributed by atoms with Crippen LogP contribution in [0, 0.1) is 19.1 Å². The standard InChI is InChI=1S/C14H12N2O3/c1-9-5-3-7-12(10(9)2)18-13-8-4-6-11-14(13)15-19-16(11)17/h3-8H,1-2H3. The zero-order valence-electron chi connectivity index (χ0n) is 10.6.